The second kappa shape index (κ2) is 8.27. The minimum Gasteiger partial charge on any atom is -0.504 e. The average molecular weight is 439 g/mol. The number of phenolic OH excluding ortho intramolecular Hbond substituents is 1. The van der Waals surface area contributed by atoms with Crippen molar-refractivity contribution in [2.45, 2.75) is 5.16 Å². The van der Waals surface area contributed by atoms with Crippen LogP contribution in [0.2, 0.25) is 0 Å². The lowest BCUT2D eigenvalue weighted by atomic mass is 10.1. The zero-order valence-corrected chi connectivity index (χ0v) is 17.7. The van der Waals surface area contributed by atoms with E-state index in [9.17, 15) is 14.3 Å². The van der Waals surface area contributed by atoms with E-state index in [1.54, 1.807) is 25.2 Å². The quantitative estimate of drug-likeness (QED) is 0.365. The second-order valence-electron chi connectivity index (χ2n) is 6.62. The zero-order valence-electron chi connectivity index (χ0n) is 16.9. The van der Waals surface area contributed by atoms with Gasteiger partial charge in [0.05, 0.1) is 18.2 Å². The van der Waals surface area contributed by atoms with Crippen molar-refractivity contribution in [1.82, 2.24) is 14.5 Å². The molecule has 9 heteroatoms. The van der Waals surface area contributed by atoms with Gasteiger partial charge in [0.1, 0.15) is 5.75 Å². The number of pyridine rings is 1. The number of hydrogen-bond donors (Lipinski definition) is 1. The van der Waals surface area contributed by atoms with E-state index in [1.165, 1.54) is 54.0 Å². The molecule has 0 amide bonds. The minimum absolute atomic E-state index is 0.0196. The normalized spacial score (nSPS) is 11.0. The van der Waals surface area contributed by atoms with Crippen LogP contribution < -0.4 is 15.0 Å². The molecule has 0 aliphatic heterocycles. The van der Waals surface area contributed by atoms with Gasteiger partial charge in [-0.15, -0.1) is 0 Å². The van der Waals surface area contributed by atoms with Crippen LogP contribution in [0.15, 0.2) is 58.7 Å². The lowest BCUT2D eigenvalue weighted by Gasteiger charge is -2.12. The van der Waals surface area contributed by atoms with Crippen LogP contribution in [-0.4, -0.2) is 33.0 Å². The number of ether oxygens (including phenoxy) is 2. The van der Waals surface area contributed by atoms with E-state index < -0.39 is 5.82 Å². The molecule has 0 radical (unpaired) electrons. The van der Waals surface area contributed by atoms with Crippen LogP contribution in [-0.2, 0) is 7.05 Å². The standard InChI is InChI=1S/C22H18FN3O4S/c1-26-21(28)14(11-25-22(26)31-3)12-4-5-19(15(23)8-12)30-18-6-7-24-16-10-17(27)20(29-2)9-13(16)18/h4-11,27H,1-3H3. The first-order valence-corrected chi connectivity index (χ1v) is 10.4. The topological polar surface area (TPSA) is 86.5 Å². The number of nitrogens with zero attached hydrogens (tertiary/aromatic N) is 3. The summed E-state index contributed by atoms with van der Waals surface area (Å²) < 4.78 is 27.2. The van der Waals surface area contributed by atoms with Gasteiger partial charge in [0.2, 0.25) is 0 Å². The number of aromatic hydroxyl groups is 1. The molecule has 0 saturated heterocycles. The van der Waals surface area contributed by atoms with Crippen molar-refractivity contribution in [2.24, 2.45) is 7.05 Å². The van der Waals surface area contributed by atoms with Crippen LogP contribution in [0.25, 0.3) is 22.0 Å². The number of thioether (sulfide) groups is 1. The lowest BCUT2D eigenvalue weighted by Crippen LogP contribution is -2.21. The Hall–Kier alpha value is -3.59. The molecule has 0 aliphatic rings. The van der Waals surface area contributed by atoms with E-state index in [0.29, 0.717) is 32.9 Å². The summed E-state index contributed by atoms with van der Waals surface area (Å²) >= 11 is 1.35. The molecule has 0 aliphatic carbocycles. The minimum atomic E-state index is -0.635. The number of phenols is 1. The van der Waals surface area contributed by atoms with E-state index in [-0.39, 0.29) is 22.8 Å². The summed E-state index contributed by atoms with van der Waals surface area (Å²) in [5.41, 5.74) is 0.896. The first kappa shape index (κ1) is 20.7. The Labute approximate surface area is 181 Å². The number of methoxy groups -OCH3 is 1. The van der Waals surface area contributed by atoms with Gasteiger partial charge in [0.25, 0.3) is 5.56 Å². The van der Waals surface area contributed by atoms with Crippen molar-refractivity contribution in [3.05, 3.63) is 65.0 Å². The Morgan fingerprint density at radius 1 is 1.10 bits per heavy atom. The molecule has 0 saturated carbocycles. The fourth-order valence-corrected chi connectivity index (χ4v) is 3.69. The molecule has 31 heavy (non-hydrogen) atoms. The van der Waals surface area contributed by atoms with Crippen molar-refractivity contribution in [1.29, 1.82) is 0 Å². The zero-order chi connectivity index (χ0) is 22.1. The third-order valence-corrected chi connectivity index (χ3v) is 5.52. The van der Waals surface area contributed by atoms with E-state index in [1.807, 2.05) is 6.26 Å². The summed E-state index contributed by atoms with van der Waals surface area (Å²) in [6.45, 7) is 0. The van der Waals surface area contributed by atoms with Crippen molar-refractivity contribution in [2.75, 3.05) is 13.4 Å². The van der Waals surface area contributed by atoms with E-state index in [0.717, 1.165) is 0 Å². The number of hydrogen-bond acceptors (Lipinski definition) is 7. The molecule has 2 aromatic carbocycles. The summed E-state index contributed by atoms with van der Waals surface area (Å²) in [4.78, 5) is 21.0. The van der Waals surface area contributed by atoms with Crippen LogP contribution >= 0.6 is 11.8 Å². The maximum absolute atomic E-state index is 14.9. The average Bonchev–Trinajstić information content (AvgIpc) is 2.76. The van der Waals surface area contributed by atoms with Gasteiger partial charge in [-0.3, -0.25) is 14.3 Å². The Balaban J connectivity index is 1.72. The summed E-state index contributed by atoms with van der Waals surface area (Å²) in [5, 5.41) is 11.1. The fourth-order valence-electron chi connectivity index (χ4n) is 3.18. The van der Waals surface area contributed by atoms with Gasteiger partial charge in [0, 0.05) is 30.9 Å². The SMILES string of the molecule is COc1cc2c(Oc3ccc(-c4cnc(SC)n(C)c4=O)cc3F)ccnc2cc1O. The summed E-state index contributed by atoms with van der Waals surface area (Å²) in [6.07, 6.45) is 4.77. The van der Waals surface area contributed by atoms with Gasteiger partial charge in [0.15, 0.2) is 28.2 Å². The maximum atomic E-state index is 14.9. The highest BCUT2D eigenvalue weighted by atomic mass is 32.2. The Bertz CT molecular complexity index is 1360. The first-order chi connectivity index (χ1) is 14.9. The van der Waals surface area contributed by atoms with E-state index >= 15 is 0 Å². The third kappa shape index (κ3) is 3.79. The maximum Gasteiger partial charge on any atom is 0.261 e. The van der Waals surface area contributed by atoms with Crippen molar-refractivity contribution in [3.8, 4) is 34.1 Å². The first-order valence-electron chi connectivity index (χ1n) is 9.16. The van der Waals surface area contributed by atoms with Crippen LogP contribution in [0, 0.1) is 5.82 Å². The molecule has 0 atom stereocenters. The third-order valence-electron chi connectivity index (χ3n) is 4.77. The summed E-state index contributed by atoms with van der Waals surface area (Å²) in [7, 11) is 3.06. The molecule has 2 aromatic heterocycles. The molecular formula is C22H18FN3O4S. The van der Waals surface area contributed by atoms with Gasteiger partial charge in [-0.05, 0) is 36.1 Å². The highest BCUT2D eigenvalue weighted by Crippen LogP contribution is 2.37. The van der Waals surface area contributed by atoms with Gasteiger partial charge in [-0.2, -0.15) is 0 Å². The lowest BCUT2D eigenvalue weighted by molar-refractivity contribution is 0.374. The van der Waals surface area contributed by atoms with Crippen molar-refractivity contribution < 1.29 is 19.0 Å². The summed E-state index contributed by atoms with van der Waals surface area (Å²) in [5.74, 6) is -0.120. The molecule has 0 fully saturated rings. The summed E-state index contributed by atoms with van der Waals surface area (Å²) in [6, 6.07) is 8.90. The van der Waals surface area contributed by atoms with Gasteiger partial charge >= 0.3 is 0 Å². The van der Waals surface area contributed by atoms with Crippen LogP contribution in [0.4, 0.5) is 4.39 Å². The molecule has 2 heterocycles. The number of benzene rings is 2. The predicted molar refractivity (Wildman–Crippen MR) is 117 cm³/mol. The Kier molecular flexibility index (Phi) is 5.51. The molecule has 0 spiro atoms. The second-order valence-corrected chi connectivity index (χ2v) is 7.39. The monoisotopic (exact) mass is 439 g/mol. The number of rotatable bonds is 5. The Morgan fingerprint density at radius 3 is 2.61 bits per heavy atom. The smallest absolute Gasteiger partial charge is 0.261 e. The van der Waals surface area contributed by atoms with E-state index in [2.05, 4.69) is 9.97 Å². The molecule has 4 rings (SSSR count). The molecular weight excluding hydrogens is 421 g/mol. The highest BCUT2D eigenvalue weighted by molar-refractivity contribution is 7.98. The Morgan fingerprint density at radius 2 is 1.90 bits per heavy atom. The van der Waals surface area contributed by atoms with Gasteiger partial charge in [-0.25, -0.2) is 9.37 Å². The molecule has 0 unspecified atom stereocenters. The van der Waals surface area contributed by atoms with Gasteiger partial charge < -0.3 is 14.6 Å². The van der Waals surface area contributed by atoms with Crippen LogP contribution in [0.5, 0.6) is 23.0 Å². The van der Waals surface area contributed by atoms with E-state index in [4.69, 9.17) is 9.47 Å². The largest absolute Gasteiger partial charge is 0.504 e. The molecule has 7 nitrogen and oxygen atoms in total. The molecule has 1 N–H and O–H groups in total. The molecule has 0 bridgehead atoms. The predicted octanol–water partition coefficient (Wildman–Crippen LogP) is 4.36. The number of fused-ring (bicyclic) bond motifs is 1. The number of halogens is 1. The fraction of sp³-hybridized carbons (Fsp3) is 0.136. The molecule has 158 valence electrons. The highest BCUT2D eigenvalue weighted by Gasteiger charge is 2.15. The number of aromatic nitrogens is 3. The van der Waals surface area contributed by atoms with Crippen LogP contribution in [0.3, 0.4) is 0 Å². The van der Waals surface area contributed by atoms with Crippen LogP contribution in [0.1, 0.15) is 0 Å². The van der Waals surface area contributed by atoms with Crippen molar-refractivity contribution >= 4 is 22.7 Å². The molecule has 4 aromatic rings. The van der Waals surface area contributed by atoms with Crippen molar-refractivity contribution in [3.63, 3.8) is 0 Å². The van der Waals surface area contributed by atoms with Gasteiger partial charge in [-0.1, -0.05) is 17.8 Å².